The fourth-order valence-electron chi connectivity index (χ4n) is 3.47. The average molecular weight is 470 g/mol. The molecule has 0 fully saturated rings. The summed E-state index contributed by atoms with van der Waals surface area (Å²) in [5.74, 6) is -0.294. The average Bonchev–Trinajstić information content (AvgIpc) is 3.38. The van der Waals surface area contributed by atoms with Gasteiger partial charge in [0.2, 0.25) is 0 Å². The van der Waals surface area contributed by atoms with Crippen LogP contribution >= 0.6 is 11.3 Å². The van der Waals surface area contributed by atoms with Crippen molar-refractivity contribution in [2.45, 2.75) is 13.1 Å². The SMILES string of the molecule is Cc1ccc(-n2nnnc2-c2sc3nc(-c4ccc(F)cc4)cc(C(F)(F)F)c3c2N)cc1. The summed E-state index contributed by atoms with van der Waals surface area (Å²) in [5, 5.41) is 11.5. The van der Waals surface area contributed by atoms with E-state index in [1.807, 2.05) is 19.1 Å². The van der Waals surface area contributed by atoms with E-state index in [2.05, 4.69) is 20.5 Å². The second-order valence-electron chi connectivity index (χ2n) is 7.33. The van der Waals surface area contributed by atoms with Crippen LogP contribution in [0.25, 0.3) is 37.9 Å². The van der Waals surface area contributed by atoms with E-state index in [0.717, 1.165) is 23.0 Å². The molecule has 0 aliphatic heterocycles. The lowest BCUT2D eigenvalue weighted by atomic mass is 10.1. The fraction of sp³-hybridized carbons (Fsp3) is 0.0909. The maximum Gasteiger partial charge on any atom is 0.417 e. The Kier molecular flexibility index (Phi) is 4.85. The van der Waals surface area contributed by atoms with E-state index in [1.165, 1.54) is 28.9 Å². The number of hydrogen-bond donors (Lipinski definition) is 1. The number of thiophene rings is 1. The van der Waals surface area contributed by atoms with E-state index in [9.17, 15) is 17.6 Å². The summed E-state index contributed by atoms with van der Waals surface area (Å²) in [6.45, 7) is 1.93. The Morgan fingerprint density at radius 2 is 1.70 bits per heavy atom. The molecule has 0 aliphatic carbocycles. The van der Waals surface area contributed by atoms with Crippen molar-refractivity contribution < 1.29 is 17.6 Å². The molecule has 0 spiro atoms. The van der Waals surface area contributed by atoms with Crippen LogP contribution in [0.1, 0.15) is 11.1 Å². The number of nitrogens with zero attached hydrogens (tertiary/aromatic N) is 5. The third-order valence-electron chi connectivity index (χ3n) is 5.10. The zero-order valence-electron chi connectivity index (χ0n) is 16.9. The highest BCUT2D eigenvalue weighted by atomic mass is 32.1. The van der Waals surface area contributed by atoms with Crippen molar-refractivity contribution >= 4 is 27.2 Å². The van der Waals surface area contributed by atoms with Gasteiger partial charge < -0.3 is 5.73 Å². The van der Waals surface area contributed by atoms with Gasteiger partial charge in [-0.3, -0.25) is 0 Å². The van der Waals surface area contributed by atoms with Crippen molar-refractivity contribution in [2.75, 3.05) is 5.73 Å². The van der Waals surface area contributed by atoms with E-state index >= 15 is 0 Å². The van der Waals surface area contributed by atoms with Crippen molar-refractivity contribution in [3.8, 4) is 27.6 Å². The number of anilines is 1. The van der Waals surface area contributed by atoms with E-state index in [4.69, 9.17) is 5.73 Å². The molecular formula is C22H14F4N6S. The van der Waals surface area contributed by atoms with Gasteiger partial charge in [0.05, 0.1) is 27.5 Å². The summed E-state index contributed by atoms with van der Waals surface area (Å²) in [6.07, 6.45) is -4.69. The van der Waals surface area contributed by atoms with Crippen molar-refractivity contribution in [3.63, 3.8) is 0 Å². The second-order valence-corrected chi connectivity index (χ2v) is 8.33. The molecule has 6 nitrogen and oxygen atoms in total. The number of rotatable bonds is 3. The minimum absolute atomic E-state index is 0.0563. The van der Waals surface area contributed by atoms with Gasteiger partial charge in [-0.1, -0.05) is 17.7 Å². The molecular weight excluding hydrogens is 456 g/mol. The molecule has 33 heavy (non-hydrogen) atoms. The topological polar surface area (TPSA) is 82.5 Å². The van der Waals surface area contributed by atoms with Crippen LogP contribution < -0.4 is 5.73 Å². The van der Waals surface area contributed by atoms with Crippen LogP contribution in [0, 0.1) is 12.7 Å². The number of nitrogen functional groups attached to an aromatic ring is 1. The zero-order chi connectivity index (χ0) is 23.3. The number of halogens is 4. The zero-order valence-corrected chi connectivity index (χ0v) is 17.7. The molecule has 3 heterocycles. The van der Waals surface area contributed by atoms with Crippen molar-refractivity contribution in [3.05, 3.63) is 71.5 Å². The van der Waals surface area contributed by atoms with E-state index in [0.29, 0.717) is 11.3 Å². The number of benzene rings is 2. The number of hydrogen-bond acceptors (Lipinski definition) is 6. The van der Waals surface area contributed by atoms with Crippen LogP contribution in [0.4, 0.5) is 23.2 Å². The molecule has 0 atom stereocenters. The monoisotopic (exact) mass is 470 g/mol. The lowest BCUT2D eigenvalue weighted by Crippen LogP contribution is -2.07. The number of aryl methyl sites for hydroxylation is 1. The van der Waals surface area contributed by atoms with Crippen LogP contribution in [0.3, 0.4) is 0 Å². The number of nitrogens with two attached hydrogens (primary N) is 1. The lowest BCUT2D eigenvalue weighted by Gasteiger charge is -2.11. The van der Waals surface area contributed by atoms with E-state index in [1.54, 1.807) is 12.1 Å². The van der Waals surface area contributed by atoms with Crippen LogP contribution in [0.2, 0.25) is 0 Å². The van der Waals surface area contributed by atoms with Gasteiger partial charge in [-0.2, -0.15) is 17.9 Å². The maximum absolute atomic E-state index is 14.0. The van der Waals surface area contributed by atoms with Gasteiger partial charge in [0, 0.05) is 10.9 Å². The van der Waals surface area contributed by atoms with Crippen molar-refractivity contribution in [2.24, 2.45) is 0 Å². The Morgan fingerprint density at radius 1 is 1.00 bits per heavy atom. The quantitative estimate of drug-likeness (QED) is 0.345. The smallest absolute Gasteiger partial charge is 0.397 e. The lowest BCUT2D eigenvalue weighted by molar-refractivity contribution is -0.136. The van der Waals surface area contributed by atoms with E-state index in [-0.39, 0.29) is 32.3 Å². The highest BCUT2D eigenvalue weighted by Gasteiger charge is 2.36. The molecule has 0 saturated heterocycles. The molecule has 2 aromatic carbocycles. The van der Waals surface area contributed by atoms with Crippen molar-refractivity contribution in [1.82, 2.24) is 25.2 Å². The molecule has 0 saturated carbocycles. The summed E-state index contributed by atoms with van der Waals surface area (Å²) >= 11 is 0.962. The first-order valence-corrected chi connectivity index (χ1v) is 10.5. The van der Waals surface area contributed by atoms with Gasteiger partial charge in [-0.05, 0) is 59.8 Å². The van der Waals surface area contributed by atoms with Crippen LogP contribution in [-0.2, 0) is 6.18 Å². The third-order valence-corrected chi connectivity index (χ3v) is 6.19. The van der Waals surface area contributed by atoms with Gasteiger partial charge in [0.25, 0.3) is 0 Å². The third kappa shape index (κ3) is 3.69. The number of alkyl halides is 3. The molecule has 3 aromatic heterocycles. The Bertz CT molecular complexity index is 1470. The molecule has 0 bridgehead atoms. The molecule has 0 amide bonds. The molecule has 166 valence electrons. The summed E-state index contributed by atoms with van der Waals surface area (Å²) in [4.78, 5) is 4.74. The molecule has 2 N–H and O–H groups in total. The van der Waals surface area contributed by atoms with Crippen LogP contribution in [0.5, 0.6) is 0 Å². The largest absolute Gasteiger partial charge is 0.417 e. The predicted molar refractivity (Wildman–Crippen MR) is 117 cm³/mol. The van der Waals surface area contributed by atoms with Crippen LogP contribution in [-0.4, -0.2) is 25.2 Å². The summed E-state index contributed by atoms with van der Waals surface area (Å²) < 4.78 is 56.7. The summed E-state index contributed by atoms with van der Waals surface area (Å²) in [6, 6.07) is 13.3. The molecule has 5 aromatic rings. The number of aromatic nitrogens is 5. The van der Waals surface area contributed by atoms with Gasteiger partial charge in [0.1, 0.15) is 10.6 Å². The van der Waals surface area contributed by atoms with E-state index < -0.39 is 17.6 Å². The number of fused-ring (bicyclic) bond motifs is 1. The highest BCUT2D eigenvalue weighted by molar-refractivity contribution is 7.22. The first-order valence-electron chi connectivity index (χ1n) is 9.64. The van der Waals surface area contributed by atoms with Crippen molar-refractivity contribution in [1.29, 1.82) is 0 Å². The minimum Gasteiger partial charge on any atom is -0.397 e. The number of tetrazole rings is 1. The standard InChI is InChI=1S/C22H14F4N6S/c1-11-2-8-14(9-3-11)32-20(29-30-31-32)19-18(27)17-15(22(24,25)26)10-16(28-21(17)33-19)12-4-6-13(23)7-5-12/h2-10H,27H2,1H3. The molecule has 0 unspecified atom stereocenters. The minimum atomic E-state index is -4.69. The Labute approximate surface area is 188 Å². The summed E-state index contributed by atoms with van der Waals surface area (Å²) in [5.41, 5.74) is 7.25. The molecule has 0 radical (unpaired) electrons. The number of pyridine rings is 1. The molecule has 5 rings (SSSR count). The maximum atomic E-state index is 14.0. The predicted octanol–water partition coefficient (Wildman–Crippen LogP) is 5.65. The molecule has 0 aliphatic rings. The van der Waals surface area contributed by atoms with Gasteiger partial charge >= 0.3 is 6.18 Å². The highest BCUT2D eigenvalue weighted by Crippen LogP contribution is 2.46. The first kappa shape index (κ1) is 21.0. The van der Waals surface area contributed by atoms with Crippen LogP contribution in [0.15, 0.2) is 54.6 Å². The van der Waals surface area contributed by atoms with Gasteiger partial charge in [-0.25, -0.2) is 9.37 Å². The second kappa shape index (κ2) is 7.62. The van der Waals surface area contributed by atoms with Gasteiger partial charge in [0.15, 0.2) is 5.82 Å². The Hall–Kier alpha value is -3.86. The Balaban J connectivity index is 1.73. The molecule has 11 heteroatoms. The summed E-state index contributed by atoms with van der Waals surface area (Å²) in [7, 11) is 0. The Morgan fingerprint density at radius 3 is 2.36 bits per heavy atom. The first-order chi connectivity index (χ1) is 15.7. The fourth-order valence-corrected chi connectivity index (χ4v) is 4.56. The van der Waals surface area contributed by atoms with Gasteiger partial charge in [-0.15, -0.1) is 16.4 Å². The normalized spacial score (nSPS) is 11.9.